The average Bonchev–Trinajstić information content (AvgIpc) is 3.27. The predicted molar refractivity (Wildman–Crippen MR) is 108 cm³/mol. The minimum absolute atomic E-state index is 0.0665. The van der Waals surface area contributed by atoms with Gasteiger partial charge in [-0.15, -0.1) is 11.3 Å². The number of hydrogen-bond donors (Lipinski definition) is 2. The van der Waals surface area contributed by atoms with Crippen LogP contribution in [0.15, 0.2) is 58.7 Å². The van der Waals surface area contributed by atoms with Gasteiger partial charge in [-0.3, -0.25) is 9.36 Å². The molecule has 2 N–H and O–H groups in total. The number of amides is 1. The fourth-order valence-corrected chi connectivity index (χ4v) is 3.68. The van der Waals surface area contributed by atoms with Crippen LogP contribution in [-0.4, -0.2) is 20.4 Å². The Morgan fingerprint density at radius 3 is 2.74 bits per heavy atom. The van der Waals surface area contributed by atoms with Crippen molar-refractivity contribution < 1.29 is 4.79 Å². The van der Waals surface area contributed by atoms with E-state index in [0.29, 0.717) is 16.2 Å². The third-order valence-electron chi connectivity index (χ3n) is 4.39. The smallest absolute Gasteiger partial charge is 0.306 e. The van der Waals surface area contributed by atoms with Crippen LogP contribution in [0.1, 0.15) is 12.5 Å². The Morgan fingerprint density at radius 1 is 1.19 bits per heavy atom. The lowest BCUT2D eigenvalue weighted by atomic mass is 10.1. The lowest BCUT2D eigenvalue weighted by Gasteiger charge is -2.03. The van der Waals surface area contributed by atoms with Crippen LogP contribution in [0.5, 0.6) is 0 Å². The summed E-state index contributed by atoms with van der Waals surface area (Å²) in [6.45, 7) is 2.05. The van der Waals surface area contributed by atoms with Gasteiger partial charge in [-0.1, -0.05) is 43.3 Å². The number of carbonyl (C=O) groups excluding carboxylic acids is 1. The molecule has 0 spiro atoms. The van der Waals surface area contributed by atoms with Gasteiger partial charge in [0.1, 0.15) is 6.54 Å². The third-order valence-corrected chi connectivity index (χ3v) is 5.15. The molecule has 0 atom stereocenters. The number of aromatic amines is 1. The van der Waals surface area contributed by atoms with Crippen molar-refractivity contribution in [3.05, 3.63) is 70.0 Å². The van der Waals surface area contributed by atoms with E-state index >= 15 is 0 Å². The summed E-state index contributed by atoms with van der Waals surface area (Å²) in [6.07, 6.45) is 0.992. The summed E-state index contributed by atoms with van der Waals surface area (Å²) in [5.41, 5.74) is 4.21. The molecular formula is C20H18N4O2S. The number of imidazole rings is 1. The topological polar surface area (TPSA) is 79.8 Å². The van der Waals surface area contributed by atoms with Gasteiger partial charge in [0, 0.05) is 10.9 Å². The highest BCUT2D eigenvalue weighted by Crippen LogP contribution is 2.25. The van der Waals surface area contributed by atoms with E-state index in [1.165, 1.54) is 21.5 Å². The fourth-order valence-electron chi connectivity index (χ4n) is 2.94. The summed E-state index contributed by atoms with van der Waals surface area (Å²) in [7, 11) is 0. The molecule has 7 heteroatoms. The number of aryl methyl sites for hydroxylation is 1. The van der Waals surface area contributed by atoms with Crippen LogP contribution in [0.3, 0.4) is 0 Å². The molecule has 0 radical (unpaired) electrons. The number of H-pyrrole nitrogens is 1. The predicted octanol–water partition coefficient (Wildman–Crippen LogP) is 3.65. The second kappa shape index (κ2) is 7.20. The molecule has 2 heterocycles. The van der Waals surface area contributed by atoms with E-state index in [1.807, 2.05) is 41.8 Å². The molecule has 0 unspecified atom stereocenters. The number of carbonyl (C=O) groups is 1. The van der Waals surface area contributed by atoms with Crippen molar-refractivity contribution in [3.63, 3.8) is 0 Å². The van der Waals surface area contributed by atoms with E-state index in [2.05, 4.69) is 34.3 Å². The highest BCUT2D eigenvalue weighted by molar-refractivity contribution is 7.14. The Morgan fingerprint density at radius 2 is 1.96 bits per heavy atom. The Bertz CT molecular complexity index is 1150. The van der Waals surface area contributed by atoms with Crippen molar-refractivity contribution in [3.8, 4) is 11.3 Å². The summed E-state index contributed by atoms with van der Waals surface area (Å²) in [4.78, 5) is 31.7. The van der Waals surface area contributed by atoms with Gasteiger partial charge in [0.2, 0.25) is 5.91 Å². The number of benzene rings is 2. The molecule has 0 bridgehead atoms. The van der Waals surface area contributed by atoms with E-state index in [-0.39, 0.29) is 18.1 Å². The van der Waals surface area contributed by atoms with Gasteiger partial charge in [0.05, 0.1) is 16.7 Å². The standard InChI is InChI=1S/C20H18N4O2S/c1-2-13-7-9-14(10-8-13)16-12-27-19(21-16)23-18(25)11-24-17-6-4-3-5-15(17)22-20(24)26/h3-10,12H,2,11H2,1H3,(H,22,26)(H,21,23,25). The maximum atomic E-state index is 12.4. The number of hydrogen-bond acceptors (Lipinski definition) is 4. The maximum absolute atomic E-state index is 12.4. The molecule has 1 amide bonds. The van der Waals surface area contributed by atoms with Gasteiger partial charge in [0.25, 0.3) is 0 Å². The van der Waals surface area contributed by atoms with Crippen LogP contribution < -0.4 is 11.0 Å². The van der Waals surface area contributed by atoms with Crippen molar-refractivity contribution in [2.75, 3.05) is 5.32 Å². The summed E-state index contributed by atoms with van der Waals surface area (Å²) in [5.74, 6) is -0.288. The van der Waals surface area contributed by atoms with Crippen LogP contribution in [0.4, 0.5) is 5.13 Å². The van der Waals surface area contributed by atoms with Crippen molar-refractivity contribution in [1.82, 2.24) is 14.5 Å². The van der Waals surface area contributed by atoms with Gasteiger partial charge >= 0.3 is 5.69 Å². The minimum Gasteiger partial charge on any atom is -0.306 e. The number of fused-ring (bicyclic) bond motifs is 1. The highest BCUT2D eigenvalue weighted by atomic mass is 32.1. The number of nitrogens with one attached hydrogen (secondary N) is 2. The second-order valence-corrected chi connectivity index (χ2v) is 7.03. The summed E-state index contributed by atoms with van der Waals surface area (Å²) >= 11 is 1.36. The SMILES string of the molecule is CCc1ccc(-c2csc(NC(=O)Cn3c(=O)[nH]c4ccccc43)n2)cc1. The number of para-hydroxylation sites is 2. The van der Waals surface area contributed by atoms with Crippen molar-refractivity contribution >= 4 is 33.4 Å². The Kier molecular flexibility index (Phi) is 4.60. The molecule has 2 aromatic heterocycles. The van der Waals surface area contributed by atoms with Crippen LogP contribution in [-0.2, 0) is 17.8 Å². The van der Waals surface area contributed by atoms with Crippen molar-refractivity contribution in [2.24, 2.45) is 0 Å². The van der Waals surface area contributed by atoms with Crippen LogP contribution in [0, 0.1) is 0 Å². The van der Waals surface area contributed by atoms with Crippen LogP contribution >= 0.6 is 11.3 Å². The first kappa shape index (κ1) is 17.2. The van der Waals surface area contributed by atoms with Gasteiger partial charge < -0.3 is 10.3 Å². The van der Waals surface area contributed by atoms with E-state index in [4.69, 9.17) is 0 Å². The van der Waals surface area contributed by atoms with E-state index in [9.17, 15) is 9.59 Å². The van der Waals surface area contributed by atoms with Crippen molar-refractivity contribution in [1.29, 1.82) is 0 Å². The number of rotatable bonds is 5. The first-order chi connectivity index (χ1) is 13.1. The molecule has 0 aliphatic rings. The first-order valence-electron chi connectivity index (χ1n) is 8.66. The van der Waals surface area contributed by atoms with E-state index in [1.54, 1.807) is 0 Å². The molecule has 0 saturated heterocycles. The Labute approximate surface area is 159 Å². The number of aromatic nitrogens is 3. The largest absolute Gasteiger partial charge is 0.326 e. The zero-order valence-electron chi connectivity index (χ0n) is 14.7. The zero-order valence-corrected chi connectivity index (χ0v) is 15.5. The molecular weight excluding hydrogens is 360 g/mol. The lowest BCUT2D eigenvalue weighted by Crippen LogP contribution is -2.25. The average molecular weight is 378 g/mol. The highest BCUT2D eigenvalue weighted by Gasteiger charge is 2.12. The maximum Gasteiger partial charge on any atom is 0.326 e. The monoisotopic (exact) mass is 378 g/mol. The molecule has 0 aliphatic carbocycles. The molecule has 27 heavy (non-hydrogen) atoms. The van der Waals surface area contributed by atoms with E-state index in [0.717, 1.165) is 17.7 Å². The number of anilines is 1. The molecule has 4 aromatic rings. The van der Waals surface area contributed by atoms with Crippen LogP contribution in [0.2, 0.25) is 0 Å². The van der Waals surface area contributed by atoms with Gasteiger partial charge in [-0.25, -0.2) is 9.78 Å². The Balaban J connectivity index is 1.49. The summed E-state index contributed by atoms with van der Waals surface area (Å²) < 4.78 is 1.42. The molecule has 6 nitrogen and oxygen atoms in total. The summed E-state index contributed by atoms with van der Waals surface area (Å²) in [6, 6.07) is 15.5. The summed E-state index contributed by atoms with van der Waals surface area (Å²) in [5, 5.41) is 5.21. The third kappa shape index (κ3) is 3.54. The molecule has 0 aliphatic heterocycles. The number of thiazole rings is 1. The van der Waals surface area contributed by atoms with Crippen molar-refractivity contribution in [2.45, 2.75) is 19.9 Å². The van der Waals surface area contributed by atoms with E-state index < -0.39 is 0 Å². The normalized spacial score (nSPS) is 11.0. The molecule has 4 rings (SSSR count). The number of nitrogens with zero attached hydrogens (tertiary/aromatic N) is 2. The van der Waals surface area contributed by atoms with Gasteiger partial charge in [-0.05, 0) is 24.1 Å². The molecule has 0 fully saturated rings. The fraction of sp³-hybridized carbons (Fsp3) is 0.150. The molecule has 2 aromatic carbocycles. The molecule has 0 saturated carbocycles. The minimum atomic E-state index is -0.304. The van der Waals surface area contributed by atoms with Crippen LogP contribution in [0.25, 0.3) is 22.3 Å². The van der Waals surface area contributed by atoms with Gasteiger partial charge in [0.15, 0.2) is 5.13 Å². The zero-order chi connectivity index (χ0) is 18.8. The Hall–Kier alpha value is -3.19. The van der Waals surface area contributed by atoms with Gasteiger partial charge in [-0.2, -0.15) is 0 Å². The second-order valence-electron chi connectivity index (χ2n) is 6.17. The lowest BCUT2D eigenvalue weighted by molar-refractivity contribution is -0.116. The first-order valence-corrected chi connectivity index (χ1v) is 9.54. The molecule has 136 valence electrons. The quantitative estimate of drug-likeness (QED) is 0.556.